The van der Waals surface area contributed by atoms with E-state index in [4.69, 9.17) is 19.9 Å². The maximum Gasteiger partial charge on any atom is 0.244 e. The maximum atomic E-state index is 12.5. The van der Waals surface area contributed by atoms with Crippen LogP contribution in [0.4, 0.5) is 5.69 Å². The number of hydrogen-bond donors (Lipinski definition) is 2. The first-order chi connectivity index (χ1) is 9.89. The molecule has 1 aromatic carbocycles. The van der Waals surface area contributed by atoms with Gasteiger partial charge >= 0.3 is 0 Å². The largest absolute Gasteiger partial charge is 0.495 e. The van der Waals surface area contributed by atoms with Crippen LogP contribution in [0.15, 0.2) is 17.0 Å². The van der Waals surface area contributed by atoms with E-state index >= 15 is 0 Å². The van der Waals surface area contributed by atoms with Crippen molar-refractivity contribution in [3.8, 4) is 11.5 Å². The van der Waals surface area contributed by atoms with Gasteiger partial charge in [-0.1, -0.05) is 6.92 Å². The number of anilines is 1. The van der Waals surface area contributed by atoms with Crippen LogP contribution in [0.2, 0.25) is 0 Å². The summed E-state index contributed by atoms with van der Waals surface area (Å²) in [7, 11) is 0.575. The lowest BCUT2D eigenvalue weighted by Gasteiger charge is -2.18. The first-order valence-corrected chi connectivity index (χ1v) is 7.90. The average molecular weight is 318 g/mol. The molecule has 0 aliphatic carbocycles. The number of benzene rings is 1. The molecule has 8 heteroatoms. The van der Waals surface area contributed by atoms with Crippen LogP contribution in [-0.4, -0.2) is 42.4 Å². The third-order valence-corrected chi connectivity index (χ3v) is 4.53. The van der Waals surface area contributed by atoms with E-state index in [1.54, 1.807) is 0 Å². The molecular formula is C13H22N2O5S. The Kier molecular flexibility index (Phi) is 6.25. The molecule has 0 radical (unpaired) electrons. The zero-order chi connectivity index (χ0) is 16.0. The molecule has 0 fully saturated rings. The molecule has 1 rings (SSSR count). The fourth-order valence-corrected chi connectivity index (χ4v) is 3.31. The number of nitrogen functional groups attached to an aromatic ring is 1. The molecule has 0 heterocycles. The van der Waals surface area contributed by atoms with Gasteiger partial charge in [0.05, 0.1) is 26.5 Å². The van der Waals surface area contributed by atoms with Gasteiger partial charge in [-0.25, -0.2) is 13.1 Å². The molecule has 1 aromatic rings. The van der Waals surface area contributed by atoms with Crippen LogP contribution >= 0.6 is 0 Å². The van der Waals surface area contributed by atoms with Gasteiger partial charge in [0.25, 0.3) is 0 Å². The van der Waals surface area contributed by atoms with Crippen LogP contribution in [0.1, 0.15) is 13.3 Å². The van der Waals surface area contributed by atoms with E-state index in [2.05, 4.69) is 4.72 Å². The number of methoxy groups -OCH3 is 3. The standard InChI is InChI=1S/C13H22N2O5S/c1-5-9(8-18-2)15-21(16,17)13-6-10(14)11(19-3)7-12(13)20-4/h6-7,9,15H,5,8,14H2,1-4H3. The van der Waals surface area contributed by atoms with E-state index in [9.17, 15) is 8.42 Å². The minimum atomic E-state index is -3.77. The summed E-state index contributed by atoms with van der Waals surface area (Å²) in [6, 6.07) is 2.44. The highest BCUT2D eigenvalue weighted by Gasteiger charge is 2.24. The number of nitrogens with one attached hydrogen (secondary N) is 1. The molecule has 0 amide bonds. The summed E-state index contributed by atoms with van der Waals surface area (Å²) in [6.45, 7) is 2.15. The molecule has 0 aromatic heterocycles. The molecule has 0 spiro atoms. The zero-order valence-electron chi connectivity index (χ0n) is 12.7. The summed E-state index contributed by atoms with van der Waals surface area (Å²) >= 11 is 0. The Labute approximate surface area is 125 Å². The molecule has 0 bridgehead atoms. The Bertz CT molecular complexity index is 574. The van der Waals surface area contributed by atoms with E-state index in [1.165, 1.54) is 33.5 Å². The molecule has 3 N–H and O–H groups in total. The van der Waals surface area contributed by atoms with Gasteiger partial charge in [-0.2, -0.15) is 0 Å². The van der Waals surface area contributed by atoms with Crippen LogP contribution in [0.25, 0.3) is 0 Å². The number of hydrogen-bond acceptors (Lipinski definition) is 6. The van der Waals surface area contributed by atoms with Gasteiger partial charge in [0, 0.05) is 19.2 Å². The second-order valence-electron chi connectivity index (χ2n) is 4.43. The van der Waals surface area contributed by atoms with Gasteiger partial charge in [0.2, 0.25) is 10.0 Å². The molecule has 21 heavy (non-hydrogen) atoms. The number of sulfonamides is 1. The van der Waals surface area contributed by atoms with Crippen molar-refractivity contribution >= 4 is 15.7 Å². The highest BCUT2D eigenvalue weighted by molar-refractivity contribution is 7.89. The molecule has 0 saturated heterocycles. The Hall–Kier alpha value is -1.51. The van der Waals surface area contributed by atoms with Gasteiger partial charge in [0.15, 0.2) is 0 Å². The first kappa shape index (κ1) is 17.5. The van der Waals surface area contributed by atoms with Crippen molar-refractivity contribution in [2.45, 2.75) is 24.3 Å². The van der Waals surface area contributed by atoms with Crippen LogP contribution in [0.5, 0.6) is 11.5 Å². The highest BCUT2D eigenvalue weighted by atomic mass is 32.2. The van der Waals surface area contributed by atoms with Crippen molar-refractivity contribution in [3.63, 3.8) is 0 Å². The second-order valence-corrected chi connectivity index (χ2v) is 6.11. The van der Waals surface area contributed by atoms with Crippen molar-refractivity contribution in [1.29, 1.82) is 0 Å². The summed E-state index contributed by atoms with van der Waals surface area (Å²) in [5.74, 6) is 0.524. The summed E-state index contributed by atoms with van der Waals surface area (Å²) in [5.41, 5.74) is 6.00. The molecular weight excluding hydrogens is 296 g/mol. The van der Waals surface area contributed by atoms with Crippen molar-refractivity contribution in [1.82, 2.24) is 4.72 Å². The lowest BCUT2D eigenvalue weighted by molar-refractivity contribution is 0.173. The number of rotatable bonds is 8. The predicted octanol–water partition coefficient (Wildman–Crippen LogP) is 0.989. The lowest BCUT2D eigenvalue weighted by atomic mass is 10.3. The van der Waals surface area contributed by atoms with Crippen LogP contribution in [0, 0.1) is 0 Å². The Balaban J connectivity index is 3.21. The van der Waals surface area contributed by atoms with Gasteiger partial charge in [-0.15, -0.1) is 0 Å². The zero-order valence-corrected chi connectivity index (χ0v) is 13.5. The van der Waals surface area contributed by atoms with Crippen LogP contribution < -0.4 is 19.9 Å². The van der Waals surface area contributed by atoms with E-state index < -0.39 is 10.0 Å². The third-order valence-electron chi connectivity index (χ3n) is 2.99. The molecule has 0 saturated carbocycles. The monoisotopic (exact) mass is 318 g/mol. The van der Waals surface area contributed by atoms with Gasteiger partial charge in [-0.3, -0.25) is 0 Å². The highest BCUT2D eigenvalue weighted by Crippen LogP contribution is 2.33. The summed E-state index contributed by atoms with van der Waals surface area (Å²) in [4.78, 5) is -0.0298. The second kappa shape index (κ2) is 7.48. The lowest BCUT2D eigenvalue weighted by Crippen LogP contribution is -2.37. The van der Waals surface area contributed by atoms with Crippen LogP contribution in [0.3, 0.4) is 0 Å². The maximum absolute atomic E-state index is 12.5. The first-order valence-electron chi connectivity index (χ1n) is 6.42. The van der Waals surface area contributed by atoms with Gasteiger partial charge < -0.3 is 19.9 Å². The SMILES string of the molecule is CCC(COC)NS(=O)(=O)c1cc(N)c(OC)cc1OC. The van der Waals surface area contributed by atoms with E-state index in [1.807, 2.05) is 6.92 Å². The Morgan fingerprint density at radius 2 is 1.81 bits per heavy atom. The smallest absolute Gasteiger partial charge is 0.244 e. The molecule has 7 nitrogen and oxygen atoms in total. The minimum Gasteiger partial charge on any atom is -0.495 e. The summed E-state index contributed by atoms with van der Waals surface area (Å²) in [6.07, 6.45) is 0.598. The molecule has 1 unspecified atom stereocenters. The molecule has 0 aliphatic rings. The van der Waals surface area contributed by atoms with Crippen molar-refractivity contribution in [2.75, 3.05) is 33.7 Å². The number of nitrogens with two attached hydrogens (primary N) is 1. The Morgan fingerprint density at radius 3 is 2.29 bits per heavy atom. The summed E-state index contributed by atoms with van der Waals surface area (Å²) < 4.78 is 42.7. The number of ether oxygens (including phenoxy) is 3. The fraction of sp³-hybridized carbons (Fsp3) is 0.538. The average Bonchev–Trinajstić information content (AvgIpc) is 2.46. The Morgan fingerprint density at radius 1 is 1.19 bits per heavy atom. The molecule has 1 atom stereocenters. The predicted molar refractivity (Wildman–Crippen MR) is 80.2 cm³/mol. The fourth-order valence-electron chi connectivity index (χ4n) is 1.82. The van der Waals surface area contributed by atoms with Gasteiger partial charge in [0.1, 0.15) is 16.4 Å². The molecule has 0 aliphatic heterocycles. The van der Waals surface area contributed by atoms with Crippen LogP contribution in [-0.2, 0) is 14.8 Å². The summed E-state index contributed by atoms with van der Waals surface area (Å²) in [5, 5.41) is 0. The topological polar surface area (TPSA) is 99.9 Å². The van der Waals surface area contributed by atoms with E-state index in [0.717, 1.165) is 0 Å². The minimum absolute atomic E-state index is 0.0298. The van der Waals surface area contributed by atoms with Crippen molar-refractivity contribution < 1.29 is 22.6 Å². The van der Waals surface area contributed by atoms with E-state index in [0.29, 0.717) is 12.2 Å². The van der Waals surface area contributed by atoms with Gasteiger partial charge in [-0.05, 0) is 12.5 Å². The normalized spacial score (nSPS) is 13.0. The molecule has 120 valence electrons. The third kappa shape index (κ3) is 4.23. The quantitative estimate of drug-likeness (QED) is 0.693. The van der Waals surface area contributed by atoms with E-state index in [-0.39, 0.29) is 29.0 Å². The van der Waals surface area contributed by atoms with Crippen molar-refractivity contribution in [3.05, 3.63) is 12.1 Å². The van der Waals surface area contributed by atoms with Crippen molar-refractivity contribution in [2.24, 2.45) is 0 Å².